The van der Waals surface area contributed by atoms with E-state index in [4.69, 9.17) is 0 Å². The van der Waals surface area contributed by atoms with Gasteiger partial charge in [-0.05, 0) is 0 Å². The van der Waals surface area contributed by atoms with Crippen LogP contribution in [0.1, 0.15) is 0 Å². The van der Waals surface area contributed by atoms with Crippen molar-refractivity contribution in [3.8, 4) is 0 Å². The molecule has 3 heteroatoms. The molecule has 1 aromatic rings. The molecule has 0 unspecified atom stereocenters. The van der Waals surface area contributed by atoms with Crippen molar-refractivity contribution in [3.05, 3.63) is 61.1 Å². The molecular weight excluding hydrogens is 249 g/mol. The first-order valence-corrected chi connectivity index (χ1v) is 3.86. The van der Waals surface area contributed by atoms with Crippen molar-refractivity contribution in [2.75, 3.05) is 0 Å². The number of nitrogens with zero attached hydrogens (tertiary/aromatic N) is 1. The summed E-state index contributed by atoms with van der Waals surface area (Å²) in [6.45, 7) is 3.53. The van der Waals surface area contributed by atoms with Gasteiger partial charge in [-0.25, -0.2) is 0 Å². The fraction of sp³-hybridized carbons (Fsp3) is 0. The largest absolute Gasteiger partial charge is 0.436 e. The van der Waals surface area contributed by atoms with Crippen LogP contribution in [0.3, 0.4) is 0 Å². The first-order valence-electron chi connectivity index (χ1n) is 3.86. The monoisotopic (exact) mass is 259 g/mol. The molecule has 1 aromatic carbocycles. The number of nitrogens with one attached hydrogen (secondary N) is 1. The molecule has 0 aromatic heterocycles. The van der Waals surface area contributed by atoms with E-state index in [0.717, 1.165) is 0 Å². The van der Waals surface area contributed by atoms with Gasteiger partial charge in [0.2, 0.25) is 0 Å². The maximum atomic E-state index is 3.76. The normalized spacial score (nSPS) is 11.9. The topological polar surface area (TPSA) is 24.4 Å². The summed E-state index contributed by atoms with van der Waals surface area (Å²) >= 11 is 0. The van der Waals surface area contributed by atoms with Crippen LogP contribution in [-0.4, -0.2) is 6.21 Å². The van der Waals surface area contributed by atoms with Gasteiger partial charge in [-0.1, -0.05) is 6.58 Å². The average molecular weight is 259 g/mol. The Bertz CT molecular complexity index is 278. The van der Waals surface area contributed by atoms with Crippen molar-refractivity contribution in [2.24, 2.45) is 4.99 Å². The van der Waals surface area contributed by atoms with E-state index in [1.165, 1.54) is 0 Å². The van der Waals surface area contributed by atoms with Crippen LogP contribution in [0.5, 0.6) is 0 Å². The maximum absolute atomic E-state index is 3.76. The second-order valence-electron chi connectivity index (χ2n) is 2.24. The van der Waals surface area contributed by atoms with Crippen LogP contribution >= 0.6 is 0 Å². The van der Waals surface area contributed by atoms with Crippen molar-refractivity contribution in [2.45, 2.75) is 0 Å². The minimum absolute atomic E-state index is 0. The predicted octanol–water partition coefficient (Wildman–Crippen LogP) is 1.93. The van der Waals surface area contributed by atoms with E-state index in [1.807, 2.05) is 30.3 Å². The Balaban J connectivity index is 0.000000227. The average Bonchev–Trinajstić information content (AvgIpc) is 2.22. The smallest absolute Gasteiger partial charge is 0.116 e. The predicted molar refractivity (Wildman–Crippen MR) is 53.9 cm³/mol. The summed E-state index contributed by atoms with van der Waals surface area (Å²) in [6.07, 6.45) is 5.96. The molecule has 0 amide bonds. The SMILES string of the molecule is C=C1N=C[C-]=CN1.[Y].[c-]1ccccc1. The van der Waals surface area contributed by atoms with Crippen LogP contribution in [0.4, 0.5) is 0 Å². The summed E-state index contributed by atoms with van der Waals surface area (Å²) < 4.78 is 0. The molecule has 14 heavy (non-hydrogen) atoms. The van der Waals surface area contributed by atoms with Gasteiger partial charge < -0.3 is 11.4 Å². The first kappa shape index (κ1) is 13.3. The number of benzene rings is 1. The molecule has 0 spiro atoms. The van der Waals surface area contributed by atoms with Crippen molar-refractivity contribution in [1.29, 1.82) is 0 Å². The minimum Gasteiger partial charge on any atom is -0.436 e. The Kier molecular flexibility index (Phi) is 8.39. The molecule has 2 nitrogen and oxygen atoms in total. The molecule has 0 saturated carbocycles. The van der Waals surface area contributed by atoms with E-state index in [0.29, 0.717) is 5.82 Å². The van der Waals surface area contributed by atoms with Crippen LogP contribution in [-0.2, 0) is 32.7 Å². The molecule has 1 N–H and O–H groups in total. The van der Waals surface area contributed by atoms with Crippen molar-refractivity contribution in [1.82, 2.24) is 5.32 Å². The number of allylic oxidation sites excluding steroid dienone is 1. The Labute approximate surface area is 110 Å². The molecule has 1 radical (unpaired) electrons. The zero-order valence-electron chi connectivity index (χ0n) is 7.77. The molecule has 2 rings (SSSR count). The quantitative estimate of drug-likeness (QED) is 0.707. The molecule has 69 valence electrons. The van der Waals surface area contributed by atoms with Crippen molar-refractivity contribution < 1.29 is 32.7 Å². The molecule has 1 aliphatic heterocycles. The van der Waals surface area contributed by atoms with E-state index in [1.54, 1.807) is 12.4 Å². The number of aliphatic imine (C=N–C) groups is 1. The fourth-order valence-corrected chi connectivity index (χ4v) is 0.657. The molecule has 0 aliphatic carbocycles. The summed E-state index contributed by atoms with van der Waals surface area (Å²) in [4.78, 5) is 3.76. The van der Waals surface area contributed by atoms with E-state index in [-0.39, 0.29) is 32.7 Å². The van der Waals surface area contributed by atoms with Gasteiger partial charge >= 0.3 is 0 Å². The van der Waals surface area contributed by atoms with Gasteiger partial charge in [0, 0.05) is 32.7 Å². The molecule has 0 atom stereocenters. The van der Waals surface area contributed by atoms with Crippen molar-refractivity contribution >= 4 is 6.21 Å². The Hall–Kier alpha value is -0.726. The number of hydrogen-bond donors (Lipinski definition) is 1. The zero-order valence-corrected chi connectivity index (χ0v) is 10.6. The van der Waals surface area contributed by atoms with Gasteiger partial charge in [-0.2, -0.15) is 42.6 Å². The summed E-state index contributed by atoms with van der Waals surface area (Å²) in [5, 5.41) is 2.75. The molecule has 0 saturated heterocycles. The summed E-state index contributed by atoms with van der Waals surface area (Å²) in [5.41, 5.74) is 0. The summed E-state index contributed by atoms with van der Waals surface area (Å²) in [6, 6.07) is 12.5. The number of hydrogen-bond acceptors (Lipinski definition) is 2. The third-order valence-corrected chi connectivity index (χ3v) is 1.22. The third kappa shape index (κ3) is 6.75. The van der Waals surface area contributed by atoms with Gasteiger partial charge in [-0.15, -0.1) is 6.21 Å². The molecular formula is C11H10N2Y-2. The van der Waals surface area contributed by atoms with Crippen LogP contribution in [0.25, 0.3) is 0 Å². The third-order valence-electron chi connectivity index (χ3n) is 1.22. The first-order chi connectivity index (χ1) is 6.39. The van der Waals surface area contributed by atoms with Crippen molar-refractivity contribution in [3.63, 3.8) is 0 Å². The van der Waals surface area contributed by atoms with E-state index >= 15 is 0 Å². The Morgan fingerprint density at radius 2 is 1.93 bits per heavy atom. The van der Waals surface area contributed by atoms with E-state index < -0.39 is 0 Å². The summed E-state index contributed by atoms with van der Waals surface area (Å²) in [5.74, 6) is 0.666. The van der Waals surface area contributed by atoms with E-state index in [9.17, 15) is 0 Å². The van der Waals surface area contributed by atoms with Crippen LogP contribution in [0.2, 0.25) is 0 Å². The molecule has 1 heterocycles. The zero-order chi connectivity index (χ0) is 9.36. The van der Waals surface area contributed by atoms with Gasteiger partial charge in [0.15, 0.2) is 0 Å². The summed E-state index contributed by atoms with van der Waals surface area (Å²) in [7, 11) is 0. The molecule has 0 fully saturated rings. The number of rotatable bonds is 0. The minimum atomic E-state index is 0. The van der Waals surface area contributed by atoms with Gasteiger partial charge in [0.1, 0.15) is 5.82 Å². The van der Waals surface area contributed by atoms with E-state index in [2.05, 4.69) is 29.0 Å². The van der Waals surface area contributed by atoms with Crippen LogP contribution in [0.15, 0.2) is 53.9 Å². The van der Waals surface area contributed by atoms with Gasteiger partial charge in [-0.3, -0.25) is 4.99 Å². The van der Waals surface area contributed by atoms with Gasteiger partial charge in [0.25, 0.3) is 0 Å². The van der Waals surface area contributed by atoms with Crippen LogP contribution < -0.4 is 5.32 Å². The van der Waals surface area contributed by atoms with Gasteiger partial charge in [0.05, 0.1) is 0 Å². The van der Waals surface area contributed by atoms with Crippen LogP contribution in [0, 0.1) is 12.1 Å². The molecule has 1 aliphatic rings. The maximum Gasteiger partial charge on any atom is 0.116 e. The Morgan fingerprint density at radius 3 is 2.14 bits per heavy atom. The molecule has 0 bridgehead atoms. The standard InChI is InChI=1S/C6H5.C5H5N2.Y/c1-2-4-6-5-3-1;1-5-6-3-2-4-7-5;/h1-5H;3-4,6H,1H2;/q2*-1;. The second kappa shape index (κ2) is 8.85. The Morgan fingerprint density at radius 1 is 1.21 bits per heavy atom. The fourth-order valence-electron chi connectivity index (χ4n) is 0.657. The second-order valence-corrected chi connectivity index (χ2v) is 2.24.